The van der Waals surface area contributed by atoms with Crippen LogP contribution in [0.4, 0.5) is 14.9 Å². The normalized spacial score (nSPS) is 15.4. The molecule has 1 heterocycles. The summed E-state index contributed by atoms with van der Waals surface area (Å²) in [6, 6.07) is 10.1. The zero-order chi connectivity index (χ0) is 21.7. The molecular formula is C21H23ClFN3O4. The Morgan fingerprint density at radius 3 is 2.47 bits per heavy atom. The fourth-order valence-corrected chi connectivity index (χ4v) is 3.63. The first-order valence-corrected chi connectivity index (χ1v) is 9.77. The predicted octanol–water partition coefficient (Wildman–Crippen LogP) is 3.55. The lowest BCUT2D eigenvalue weighted by molar-refractivity contribution is -0.148. The van der Waals surface area contributed by atoms with E-state index in [2.05, 4.69) is 5.32 Å². The van der Waals surface area contributed by atoms with Crippen LogP contribution in [0, 0.1) is 5.82 Å². The summed E-state index contributed by atoms with van der Waals surface area (Å²) >= 11 is 6.09. The van der Waals surface area contributed by atoms with Crippen molar-refractivity contribution in [1.29, 1.82) is 0 Å². The first-order valence-electron chi connectivity index (χ1n) is 9.39. The first-order chi connectivity index (χ1) is 14.4. The lowest BCUT2D eigenvalue weighted by atomic mass is 10.0. The number of piperazine rings is 1. The van der Waals surface area contributed by atoms with Crippen LogP contribution in [0.3, 0.4) is 0 Å². The molecule has 1 fully saturated rings. The van der Waals surface area contributed by atoms with Gasteiger partial charge in [-0.1, -0.05) is 23.7 Å². The van der Waals surface area contributed by atoms with E-state index < -0.39 is 11.9 Å². The SMILES string of the molecule is COC(=O)[C@H](c1cccc(Cl)c1)N1CCN(C(=O)Nc2ccc(F)cc2OC)CC1. The van der Waals surface area contributed by atoms with Gasteiger partial charge in [-0.15, -0.1) is 0 Å². The summed E-state index contributed by atoms with van der Waals surface area (Å²) in [4.78, 5) is 28.7. The Kier molecular flexibility index (Phi) is 7.12. The minimum atomic E-state index is -0.601. The maximum Gasteiger partial charge on any atom is 0.327 e. The monoisotopic (exact) mass is 435 g/mol. The smallest absolute Gasteiger partial charge is 0.327 e. The Balaban J connectivity index is 1.67. The van der Waals surface area contributed by atoms with Crippen LogP contribution in [-0.4, -0.2) is 62.2 Å². The highest BCUT2D eigenvalue weighted by Crippen LogP contribution is 2.27. The Morgan fingerprint density at radius 1 is 1.10 bits per heavy atom. The van der Waals surface area contributed by atoms with Gasteiger partial charge in [0.25, 0.3) is 0 Å². The van der Waals surface area contributed by atoms with Gasteiger partial charge >= 0.3 is 12.0 Å². The van der Waals surface area contributed by atoms with Gasteiger partial charge in [-0.3, -0.25) is 4.90 Å². The maximum absolute atomic E-state index is 13.3. The molecule has 1 N–H and O–H groups in total. The third kappa shape index (κ3) is 5.01. The zero-order valence-electron chi connectivity index (χ0n) is 16.7. The highest BCUT2D eigenvalue weighted by atomic mass is 35.5. The molecule has 0 saturated carbocycles. The van der Waals surface area contributed by atoms with Crippen LogP contribution in [0.2, 0.25) is 5.02 Å². The Hall–Kier alpha value is -2.84. The number of benzene rings is 2. The van der Waals surface area contributed by atoms with Crippen LogP contribution in [0.25, 0.3) is 0 Å². The van der Waals surface area contributed by atoms with Gasteiger partial charge in [0.15, 0.2) is 0 Å². The van der Waals surface area contributed by atoms with Gasteiger partial charge in [0, 0.05) is 37.3 Å². The first kappa shape index (κ1) is 21.9. The second-order valence-electron chi connectivity index (χ2n) is 6.78. The molecule has 2 amide bonds. The summed E-state index contributed by atoms with van der Waals surface area (Å²) in [5.74, 6) is -0.590. The minimum absolute atomic E-state index is 0.244. The van der Waals surface area contributed by atoms with E-state index in [1.807, 2.05) is 11.0 Å². The van der Waals surface area contributed by atoms with Crippen LogP contribution < -0.4 is 10.1 Å². The number of hydrogen-bond acceptors (Lipinski definition) is 5. The Morgan fingerprint density at radius 2 is 1.83 bits per heavy atom. The van der Waals surface area contributed by atoms with E-state index in [-0.39, 0.29) is 17.7 Å². The summed E-state index contributed by atoms with van der Waals surface area (Å²) < 4.78 is 23.5. The topological polar surface area (TPSA) is 71.1 Å². The molecule has 9 heteroatoms. The second kappa shape index (κ2) is 9.77. The number of carbonyl (C=O) groups excluding carboxylic acids is 2. The van der Waals surface area contributed by atoms with Crippen molar-refractivity contribution in [3.05, 3.63) is 58.9 Å². The third-order valence-corrected chi connectivity index (χ3v) is 5.20. The number of amides is 2. The third-order valence-electron chi connectivity index (χ3n) is 4.96. The standard InChI is InChI=1S/C21H23ClFN3O4/c1-29-18-13-16(23)6-7-17(18)24-21(28)26-10-8-25(9-11-26)19(20(27)30-2)14-4-3-5-15(22)12-14/h3-7,12-13,19H,8-11H2,1-2H3,(H,24,28)/t19-/m0/s1. The van der Waals surface area contributed by atoms with Crippen LogP contribution >= 0.6 is 11.6 Å². The molecular weight excluding hydrogens is 413 g/mol. The van der Waals surface area contributed by atoms with Gasteiger partial charge < -0.3 is 19.7 Å². The quantitative estimate of drug-likeness (QED) is 0.727. The minimum Gasteiger partial charge on any atom is -0.494 e. The lowest BCUT2D eigenvalue weighted by Gasteiger charge is -2.38. The van der Waals surface area contributed by atoms with Gasteiger partial charge in [-0.2, -0.15) is 0 Å². The molecule has 160 valence electrons. The molecule has 0 radical (unpaired) electrons. The van der Waals surface area contributed by atoms with Crippen molar-refractivity contribution in [1.82, 2.24) is 9.80 Å². The summed E-state index contributed by atoms with van der Waals surface area (Å²) in [6.07, 6.45) is 0. The van der Waals surface area contributed by atoms with E-state index in [9.17, 15) is 14.0 Å². The summed E-state index contributed by atoms with van der Waals surface area (Å²) in [6.45, 7) is 1.76. The number of nitrogens with zero attached hydrogens (tertiary/aromatic N) is 2. The number of esters is 1. The Bertz CT molecular complexity index is 919. The average Bonchev–Trinajstić information content (AvgIpc) is 2.75. The van der Waals surface area contributed by atoms with Crippen molar-refractivity contribution in [3.63, 3.8) is 0 Å². The summed E-state index contributed by atoms with van der Waals surface area (Å²) in [5, 5.41) is 3.28. The molecule has 7 nitrogen and oxygen atoms in total. The van der Waals surface area contributed by atoms with Gasteiger partial charge in [0.1, 0.15) is 17.6 Å². The molecule has 0 bridgehead atoms. The molecule has 2 aromatic rings. The zero-order valence-corrected chi connectivity index (χ0v) is 17.5. The lowest BCUT2D eigenvalue weighted by Crippen LogP contribution is -2.52. The molecule has 0 spiro atoms. The fourth-order valence-electron chi connectivity index (χ4n) is 3.43. The van der Waals surface area contributed by atoms with E-state index in [0.717, 1.165) is 5.56 Å². The van der Waals surface area contributed by atoms with E-state index in [0.29, 0.717) is 36.9 Å². The van der Waals surface area contributed by atoms with Gasteiger partial charge in [-0.25, -0.2) is 14.0 Å². The molecule has 1 aliphatic rings. The molecule has 0 unspecified atom stereocenters. The van der Waals surface area contributed by atoms with Crippen molar-refractivity contribution >= 4 is 29.3 Å². The predicted molar refractivity (Wildman–Crippen MR) is 111 cm³/mol. The van der Waals surface area contributed by atoms with Crippen molar-refractivity contribution < 1.29 is 23.5 Å². The number of methoxy groups -OCH3 is 2. The molecule has 1 atom stereocenters. The summed E-state index contributed by atoms with van der Waals surface area (Å²) in [5.41, 5.74) is 1.13. The van der Waals surface area contributed by atoms with E-state index in [1.54, 1.807) is 23.1 Å². The van der Waals surface area contributed by atoms with Crippen LogP contribution in [0.1, 0.15) is 11.6 Å². The number of ether oxygens (including phenoxy) is 2. The molecule has 30 heavy (non-hydrogen) atoms. The van der Waals surface area contributed by atoms with Crippen LogP contribution in [0.15, 0.2) is 42.5 Å². The maximum atomic E-state index is 13.3. The number of nitrogens with one attached hydrogen (secondary N) is 1. The number of hydrogen-bond donors (Lipinski definition) is 1. The number of carbonyl (C=O) groups is 2. The number of urea groups is 1. The number of halogens is 2. The fraction of sp³-hybridized carbons (Fsp3) is 0.333. The molecule has 0 aromatic heterocycles. The number of anilines is 1. The molecule has 1 saturated heterocycles. The molecule has 0 aliphatic carbocycles. The molecule has 2 aromatic carbocycles. The van der Waals surface area contributed by atoms with Gasteiger partial charge in [0.05, 0.1) is 19.9 Å². The Labute approximate surface area is 179 Å². The van der Waals surface area contributed by atoms with Crippen molar-refractivity contribution in [2.45, 2.75) is 6.04 Å². The molecule has 1 aliphatic heterocycles. The average molecular weight is 436 g/mol. The van der Waals surface area contributed by atoms with Gasteiger partial charge in [0.2, 0.25) is 0 Å². The van der Waals surface area contributed by atoms with Crippen LogP contribution in [-0.2, 0) is 9.53 Å². The highest BCUT2D eigenvalue weighted by Gasteiger charge is 2.32. The second-order valence-corrected chi connectivity index (χ2v) is 7.21. The van der Waals surface area contributed by atoms with Crippen molar-refractivity contribution in [3.8, 4) is 5.75 Å². The van der Waals surface area contributed by atoms with E-state index in [4.69, 9.17) is 21.1 Å². The van der Waals surface area contributed by atoms with Crippen molar-refractivity contribution in [2.75, 3.05) is 45.7 Å². The van der Waals surface area contributed by atoms with E-state index >= 15 is 0 Å². The highest BCUT2D eigenvalue weighted by molar-refractivity contribution is 6.30. The van der Waals surface area contributed by atoms with Crippen LogP contribution in [0.5, 0.6) is 5.75 Å². The molecule has 3 rings (SSSR count). The van der Waals surface area contributed by atoms with E-state index in [1.165, 1.54) is 32.4 Å². The van der Waals surface area contributed by atoms with Gasteiger partial charge in [-0.05, 0) is 29.8 Å². The number of rotatable bonds is 5. The van der Waals surface area contributed by atoms with Crippen molar-refractivity contribution in [2.24, 2.45) is 0 Å². The summed E-state index contributed by atoms with van der Waals surface area (Å²) in [7, 11) is 2.76. The largest absolute Gasteiger partial charge is 0.494 e.